The first-order valence-electron chi connectivity index (χ1n) is 31.0. The molecule has 12 rings (SSSR count). The minimum atomic E-state index is -0.317. The number of hydrogen-bond donors (Lipinski definition) is 8. The number of aromatic nitrogens is 10. The molecule has 0 saturated heterocycles. The molecule has 25 nitrogen and oxygen atoms in total. The largest absolute Gasteiger partial charge is 0.504 e. The highest BCUT2D eigenvalue weighted by atomic mass is 35.5. The topological polar surface area (TPSA) is 318 Å². The molecule has 2 aliphatic carbocycles. The highest BCUT2D eigenvalue weighted by molar-refractivity contribution is 6.42. The third kappa shape index (κ3) is 17.1. The summed E-state index contributed by atoms with van der Waals surface area (Å²) < 4.78 is 7.84. The van der Waals surface area contributed by atoms with E-state index in [4.69, 9.17) is 116 Å². The molecule has 2 saturated carbocycles. The van der Waals surface area contributed by atoms with Crippen molar-refractivity contribution in [1.29, 1.82) is 0 Å². The van der Waals surface area contributed by atoms with Gasteiger partial charge < -0.3 is 51.3 Å². The van der Waals surface area contributed by atoms with Crippen LogP contribution in [0.4, 0.5) is 0 Å². The first-order chi connectivity index (χ1) is 47.3. The molecule has 0 amide bonds. The monoisotopic (exact) mass is 1570 g/mol. The van der Waals surface area contributed by atoms with E-state index in [0.29, 0.717) is 87.4 Å². The van der Waals surface area contributed by atoms with E-state index in [-0.39, 0.29) is 167 Å². The molecule has 0 spiro atoms. The first-order valence-corrected chi connectivity index (χ1v) is 34.8. The summed E-state index contributed by atoms with van der Waals surface area (Å²) in [6, 6.07) is 6.99. The van der Waals surface area contributed by atoms with Crippen molar-refractivity contribution in [2.45, 2.75) is 104 Å². The van der Waals surface area contributed by atoms with E-state index in [2.05, 4.69) is 40.9 Å². The van der Waals surface area contributed by atoms with Crippen LogP contribution in [0, 0.1) is 5.92 Å². The molecule has 2 aliphatic rings. The summed E-state index contributed by atoms with van der Waals surface area (Å²) in [6.45, 7) is 7.71. The van der Waals surface area contributed by atoms with Crippen molar-refractivity contribution in [3.63, 3.8) is 0 Å². The number of benzene rings is 5. The maximum atomic E-state index is 12.8. The number of fused-ring (bicyclic) bond motifs is 5. The molecule has 536 valence electrons. The van der Waals surface area contributed by atoms with Gasteiger partial charge in [0, 0.05) is 32.7 Å². The molecular weight excluding hydrogens is 1510 g/mol. The van der Waals surface area contributed by atoms with Crippen LogP contribution < -0.4 is 43.7 Å². The van der Waals surface area contributed by atoms with Gasteiger partial charge in [0.15, 0.2) is 28.7 Å². The third-order valence-corrected chi connectivity index (χ3v) is 18.7. The standard InChI is InChI=1S/C15H17Cl2N3O2.C13H13Cl2N3O2.2C13H15Cl2N3O2.C11H11Cl2N3O2/c1-19(2)7-11-18-13-12(9(16)5-10(17)14(13)21)15(22)20(11)6-8-3-4-8;1-16-5-9-17-11-10(7(14)4-8(15)12(11)19)13(20)18(9)6-2-3-6;1-4-18-9(6-17(2)3)16-11-10(13(18)20)7(14)5-8(15)12(11)19;1-3-4-18-9(6-16-2)17-11-10(13(18)20)7(14)5-8(15)12(11)19;1-14-4-7-15-9-8(11(18)16(7)2)5(12)3-6(13)10(9)17/h5,8,21H,3-4,6-7H2,1-2H3;4,6,16,19H,2-3,5H2,1H3;5,19H,4,6H2,1-3H3;5,16,19H,3-4,6H2,1-2H3;3,14,17H,4H2,1-2H3. The predicted octanol–water partition coefficient (Wildman–Crippen LogP) is 12.0. The average Bonchev–Trinajstić information content (AvgIpc) is 1.65. The van der Waals surface area contributed by atoms with Gasteiger partial charge in [0.2, 0.25) is 0 Å². The van der Waals surface area contributed by atoms with Gasteiger partial charge in [0.1, 0.15) is 56.7 Å². The van der Waals surface area contributed by atoms with E-state index in [1.165, 1.54) is 34.9 Å². The lowest BCUT2D eigenvalue weighted by Crippen LogP contribution is -2.29. The predicted molar refractivity (Wildman–Crippen MR) is 399 cm³/mol. The van der Waals surface area contributed by atoms with Gasteiger partial charge in [-0.05, 0) is 125 Å². The van der Waals surface area contributed by atoms with Crippen molar-refractivity contribution in [2.75, 3.05) is 49.3 Å². The van der Waals surface area contributed by atoms with Crippen molar-refractivity contribution < 1.29 is 25.5 Å². The zero-order valence-electron chi connectivity index (χ0n) is 55.7. The minimum absolute atomic E-state index is 0.0728. The lowest BCUT2D eigenvalue weighted by atomic mass is 10.2. The summed E-state index contributed by atoms with van der Waals surface area (Å²) in [7, 11) is 14.4. The molecule has 5 heterocycles. The fourth-order valence-electron chi connectivity index (χ4n) is 10.7. The summed E-state index contributed by atoms with van der Waals surface area (Å²) >= 11 is 59.8. The molecule has 5 aromatic carbocycles. The van der Waals surface area contributed by atoms with E-state index in [9.17, 15) is 49.5 Å². The van der Waals surface area contributed by atoms with E-state index in [1.54, 1.807) is 46.5 Å². The van der Waals surface area contributed by atoms with E-state index in [0.717, 1.165) is 32.1 Å². The molecule has 0 aliphatic heterocycles. The maximum Gasteiger partial charge on any atom is 0.263 e. The van der Waals surface area contributed by atoms with Gasteiger partial charge in [-0.1, -0.05) is 123 Å². The van der Waals surface area contributed by atoms with Crippen LogP contribution in [0.1, 0.15) is 81.1 Å². The molecule has 100 heavy (non-hydrogen) atoms. The van der Waals surface area contributed by atoms with E-state index in [1.807, 2.05) is 51.8 Å². The fraction of sp³-hybridized carbons (Fsp3) is 0.385. The molecule has 0 bridgehead atoms. The third-order valence-electron chi connectivity index (χ3n) is 15.8. The van der Waals surface area contributed by atoms with Gasteiger partial charge in [0.05, 0.1) is 110 Å². The number of phenolic OH excluding ortho intramolecular Hbond substituents is 5. The lowest BCUT2D eigenvalue weighted by molar-refractivity contribution is 0.373. The van der Waals surface area contributed by atoms with E-state index < -0.39 is 0 Å². The van der Waals surface area contributed by atoms with Gasteiger partial charge in [-0.3, -0.25) is 46.8 Å². The highest BCUT2D eigenvalue weighted by Gasteiger charge is 2.31. The molecule has 10 aromatic rings. The fourth-order valence-corrected chi connectivity index (χ4v) is 13.4. The van der Waals surface area contributed by atoms with Gasteiger partial charge in [-0.2, -0.15) is 0 Å². The summed E-state index contributed by atoms with van der Waals surface area (Å²) in [5, 5.41) is 61.3. The van der Waals surface area contributed by atoms with Crippen LogP contribution in [0.3, 0.4) is 0 Å². The van der Waals surface area contributed by atoms with Crippen LogP contribution in [-0.2, 0) is 59.4 Å². The van der Waals surface area contributed by atoms with E-state index >= 15 is 0 Å². The maximum absolute atomic E-state index is 12.8. The zero-order valence-corrected chi connectivity index (χ0v) is 63.2. The number of nitrogens with zero attached hydrogens (tertiary/aromatic N) is 12. The molecular formula is C65H71Cl10N15O10. The minimum Gasteiger partial charge on any atom is -0.504 e. The normalized spacial score (nSPS) is 12.8. The Kier molecular flexibility index (Phi) is 26.7. The molecule has 5 aromatic heterocycles. The lowest BCUT2D eigenvalue weighted by Gasteiger charge is -2.17. The van der Waals surface area contributed by atoms with Crippen LogP contribution in [-0.4, -0.2) is 132 Å². The zero-order chi connectivity index (χ0) is 73.8. The highest BCUT2D eigenvalue weighted by Crippen LogP contribution is 2.41. The Morgan fingerprint density at radius 1 is 0.420 bits per heavy atom. The van der Waals surface area contributed by atoms with Gasteiger partial charge in [-0.25, -0.2) is 24.9 Å². The van der Waals surface area contributed by atoms with Crippen LogP contribution in [0.25, 0.3) is 54.5 Å². The van der Waals surface area contributed by atoms with Crippen molar-refractivity contribution >= 4 is 171 Å². The van der Waals surface area contributed by atoms with Crippen molar-refractivity contribution in [3.05, 3.63) is 161 Å². The van der Waals surface area contributed by atoms with Gasteiger partial charge >= 0.3 is 0 Å². The molecule has 0 radical (unpaired) electrons. The number of phenols is 5. The van der Waals surface area contributed by atoms with Crippen LogP contribution in [0.2, 0.25) is 50.2 Å². The Morgan fingerprint density at radius 2 is 0.730 bits per heavy atom. The molecule has 8 N–H and O–H groups in total. The second kappa shape index (κ2) is 33.7. The van der Waals surface area contributed by atoms with Crippen molar-refractivity contribution in [1.82, 2.24) is 73.5 Å². The second-order valence-electron chi connectivity index (χ2n) is 23.9. The summed E-state index contributed by atoms with van der Waals surface area (Å²) in [5.74, 6) is 2.25. The molecule has 0 atom stereocenters. The van der Waals surface area contributed by atoms with Crippen LogP contribution in [0.15, 0.2) is 54.3 Å². The number of nitrogens with one attached hydrogen (secondary N) is 3. The van der Waals surface area contributed by atoms with Crippen LogP contribution in [0.5, 0.6) is 28.7 Å². The Bertz CT molecular complexity index is 5140. The smallest absolute Gasteiger partial charge is 0.263 e. The summed E-state index contributed by atoms with van der Waals surface area (Å²) in [5.41, 5.74) is -0.543. The molecule has 2 fully saturated rings. The first kappa shape index (κ1) is 79.2. The van der Waals surface area contributed by atoms with Crippen molar-refractivity contribution in [2.24, 2.45) is 13.0 Å². The number of aromatic hydroxyl groups is 5. The van der Waals surface area contributed by atoms with Crippen molar-refractivity contribution in [3.8, 4) is 28.7 Å². The number of hydrogen-bond acceptors (Lipinski definition) is 20. The number of rotatable bonds is 16. The van der Waals surface area contributed by atoms with Gasteiger partial charge in [0.25, 0.3) is 27.8 Å². The number of halogens is 10. The molecule has 0 unspecified atom stereocenters. The Morgan fingerprint density at radius 3 is 1.08 bits per heavy atom. The Labute approximate surface area is 621 Å². The summed E-state index contributed by atoms with van der Waals surface area (Å²) in [6.07, 6.45) is 4.97. The van der Waals surface area contributed by atoms with Gasteiger partial charge in [-0.15, -0.1) is 0 Å². The second-order valence-corrected chi connectivity index (χ2v) is 28.0. The average molecular weight is 1580 g/mol. The SMILES string of the molecule is CCCn1c(CNC)nc2c(O)c(Cl)cc(Cl)c2c1=O.CCn1c(CN(C)C)nc2c(O)c(Cl)cc(Cl)c2c1=O.CN(C)Cc1nc2c(O)c(Cl)cc(Cl)c2c(=O)n1CC1CC1.CNCc1nc2c(O)c(Cl)cc(Cl)c2c(=O)n1C.CNCc1nc2c(O)c(Cl)cc(Cl)c2c(=O)n1C1CC1. The quantitative estimate of drug-likeness (QED) is 0.0446. The van der Waals surface area contributed by atoms with Crippen LogP contribution >= 0.6 is 116 Å². The Hall–Kier alpha value is -6.50. The Balaban J connectivity index is 0.000000159. The molecule has 35 heteroatoms. The summed E-state index contributed by atoms with van der Waals surface area (Å²) in [4.78, 5) is 88.4.